The molecular weight excluding hydrogens is 290 g/mol. The maximum atomic E-state index is 9.42. The molecule has 1 fully saturated rings. The normalized spacial score (nSPS) is 15.9. The minimum atomic E-state index is -0.204. The average Bonchev–Trinajstić information content (AvgIpc) is 2.55. The van der Waals surface area contributed by atoms with E-state index in [1.807, 2.05) is 25.1 Å². The van der Waals surface area contributed by atoms with Crippen LogP contribution >= 0.6 is 0 Å². The minimum absolute atomic E-state index is 0.0514. The van der Waals surface area contributed by atoms with E-state index < -0.39 is 0 Å². The number of benzene rings is 1. The summed E-state index contributed by atoms with van der Waals surface area (Å²) in [6.07, 6.45) is 4.56. The maximum Gasteiger partial charge on any atom is 0.224 e. The minimum Gasteiger partial charge on any atom is -0.475 e. The van der Waals surface area contributed by atoms with Gasteiger partial charge in [-0.2, -0.15) is 10.2 Å². The molecule has 1 aromatic heterocycles. The molecule has 23 heavy (non-hydrogen) atoms. The second kappa shape index (κ2) is 6.51. The van der Waals surface area contributed by atoms with Crippen molar-refractivity contribution in [3.63, 3.8) is 0 Å². The summed E-state index contributed by atoms with van der Waals surface area (Å²) in [4.78, 5) is 8.98. The lowest BCUT2D eigenvalue weighted by Crippen LogP contribution is -2.29. The van der Waals surface area contributed by atoms with Gasteiger partial charge in [0.2, 0.25) is 5.88 Å². The van der Waals surface area contributed by atoms with Gasteiger partial charge >= 0.3 is 0 Å². The van der Waals surface area contributed by atoms with Gasteiger partial charge in [-0.05, 0) is 37.0 Å². The molecule has 1 aliphatic carbocycles. The van der Waals surface area contributed by atoms with Gasteiger partial charge in [-0.3, -0.25) is 0 Å². The zero-order chi connectivity index (χ0) is 16.3. The van der Waals surface area contributed by atoms with Gasteiger partial charge < -0.3 is 9.84 Å². The quantitative estimate of drug-likeness (QED) is 0.887. The monoisotopic (exact) mass is 311 g/mol. The van der Waals surface area contributed by atoms with E-state index in [0.717, 1.165) is 54.4 Å². The number of nitriles is 1. The molecule has 5 heteroatoms. The Morgan fingerprint density at radius 3 is 2.78 bits per heavy atom. The SMILES string of the molecule is CCc1nc(OCCO)c2cc(CC3(C#N)CCC3)ccc2n1. The third-order valence-electron chi connectivity index (χ3n) is 4.51. The van der Waals surface area contributed by atoms with Gasteiger partial charge in [-0.25, -0.2) is 4.98 Å². The van der Waals surface area contributed by atoms with E-state index in [-0.39, 0.29) is 18.6 Å². The Bertz CT molecular complexity index is 748. The molecule has 0 spiro atoms. The van der Waals surface area contributed by atoms with Crippen molar-refractivity contribution in [2.24, 2.45) is 5.41 Å². The highest BCUT2D eigenvalue weighted by Gasteiger charge is 2.37. The second-order valence-electron chi connectivity index (χ2n) is 6.14. The molecule has 0 aliphatic heterocycles. The Morgan fingerprint density at radius 1 is 1.35 bits per heavy atom. The summed E-state index contributed by atoms with van der Waals surface area (Å²) < 4.78 is 5.60. The second-order valence-corrected chi connectivity index (χ2v) is 6.14. The largest absolute Gasteiger partial charge is 0.475 e. The van der Waals surface area contributed by atoms with Crippen LogP contribution in [0.25, 0.3) is 10.9 Å². The van der Waals surface area contributed by atoms with Crippen molar-refractivity contribution < 1.29 is 9.84 Å². The molecule has 120 valence electrons. The smallest absolute Gasteiger partial charge is 0.224 e. The van der Waals surface area contributed by atoms with E-state index in [2.05, 4.69) is 16.0 Å². The summed E-state index contributed by atoms with van der Waals surface area (Å²) in [5.74, 6) is 1.24. The number of hydrogen-bond acceptors (Lipinski definition) is 5. The number of aryl methyl sites for hydroxylation is 1. The summed E-state index contributed by atoms with van der Waals surface area (Å²) in [6, 6.07) is 8.53. The van der Waals surface area contributed by atoms with Crippen LogP contribution in [0, 0.1) is 16.7 Å². The number of rotatable bonds is 6. The highest BCUT2D eigenvalue weighted by molar-refractivity contribution is 5.84. The van der Waals surface area contributed by atoms with Gasteiger partial charge in [0, 0.05) is 6.42 Å². The van der Waals surface area contributed by atoms with E-state index in [9.17, 15) is 5.26 Å². The van der Waals surface area contributed by atoms with Crippen molar-refractivity contribution in [3.05, 3.63) is 29.6 Å². The van der Waals surface area contributed by atoms with Crippen molar-refractivity contribution in [3.8, 4) is 11.9 Å². The lowest BCUT2D eigenvalue weighted by molar-refractivity contribution is 0.198. The van der Waals surface area contributed by atoms with E-state index >= 15 is 0 Å². The van der Waals surface area contributed by atoms with Crippen molar-refractivity contribution in [1.29, 1.82) is 5.26 Å². The lowest BCUT2D eigenvalue weighted by atomic mass is 9.66. The van der Waals surface area contributed by atoms with E-state index in [0.29, 0.717) is 5.88 Å². The fourth-order valence-electron chi connectivity index (χ4n) is 3.04. The van der Waals surface area contributed by atoms with E-state index in [1.165, 1.54) is 0 Å². The Balaban J connectivity index is 1.98. The summed E-state index contributed by atoms with van der Waals surface area (Å²) in [5.41, 5.74) is 1.75. The number of aromatic nitrogens is 2. The van der Waals surface area contributed by atoms with Gasteiger partial charge in [0.15, 0.2) is 0 Å². The van der Waals surface area contributed by atoms with Crippen LogP contribution < -0.4 is 4.74 Å². The van der Waals surface area contributed by atoms with Crippen LogP contribution in [0.2, 0.25) is 0 Å². The molecule has 1 N–H and O–H groups in total. The standard InChI is InChI=1S/C18H21N3O2/c1-2-16-20-15-5-4-13(11-18(12-19)6-3-7-18)10-14(15)17(21-16)23-9-8-22/h4-5,10,22H,2-3,6-9,11H2,1H3. The Morgan fingerprint density at radius 2 is 2.17 bits per heavy atom. The highest BCUT2D eigenvalue weighted by atomic mass is 16.5. The number of aliphatic hydroxyl groups is 1. The molecule has 1 aliphatic rings. The molecule has 5 nitrogen and oxygen atoms in total. The van der Waals surface area contributed by atoms with Crippen LogP contribution in [0.15, 0.2) is 18.2 Å². The Kier molecular flexibility index (Phi) is 4.44. The molecule has 1 heterocycles. The molecule has 0 saturated heterocycles. The molecule has 0 radical (unpaired) electrons. The predicted molar refractivity (Wildman–Crippen MR) is 87.1 cm³/mol. The topological polar surface area (TPSA) is 79.0 Å². The number of nitrogens with zero attached hydrogens (tertiary/aromatic N) is 3. The van der Waals surface area contributed by atoms with Gasteiger partial charge in [-0.1, -0.05) is 19.4 Å². The zero-order valence-electron chi connectivity index (χ0n) is 13.4. The fraction of sp³-hybridized carbons (Fsp3) is 0.500. The van der Waals surface area contributed by atoms with Crippen LogP contribution in [0.1, 0.15) is 37.6 Å². The lowest BCUT2D eigenvalue weighted by Gasteiger charge is -2.35. The molecule has 0 atom stereocenters. The molecule has 0 bridgehead atoms. The van der Waals surface area contributed by atoms with Crippen molar-refractivity contribution >= 4 is 10.9 Å². The highest BCUT2D eigenvalue weighted by Crippen LogP contribution is 2.43. The molecular formula is C18H21N3O2. The van der Waals surface area contributed by atoms with Gasteiger partial charge in [0.05, 0.1) is 29.0 Å². The molecule has 2 aromatic rings. The van der Waals surface area contributed by atoms with Gasteiger partial charge in [0.1, 0.15) is 12.4 Å². The number of aliphatic hydroxyl groups excluding tert-OH is 1. The number of hydrogen-bond donors (Lipinski definition) is 1. The van der Waals surface area contributed by atoms with Gasteiger partial charge in [-0.15, -0.1) is 0 Å². The average molecular weight is 311 g/mol. The zero-order valence-corrected chi connectivity index (χ0v) is 13.4. The van der Waals surface area contributed by atoms with Crippen LogP contribution in [0.4, 0.5) is 0 Å². The first-order valence-electron chi connectivity index (χ1n) is 8.14. The third kappa shape index (κ3) is 3.13. The molecule has 0 amide bonds. The Labute approximate surface area is 135 Å². The summed E-state index contributed by atoms with van der Waals surface area (Å²) in [6.45, 7) is 2.16. The molecule has 1 saturated carbocycles. The predicted octanol–water partition coefficient (Wildman–Crippen LogP) is 2.80. The first kappa shape index (κ1) is 15.7. The van der Waals surface area contributed by atoms with Crippen molar-refractivity contribution in [2.45, 2.75) is 39.0 Å². The molecule has 0 unspecified atom stereocenters. The molecule has 1 aromatic carbocycles. The number of ether oxygens (including phenoxy) is 1. The fourth-order valence-corrected chi connectivity index (χ4v) is 3.04. The van der Waals surface area contributed by atoms with Crippen LogP contribution in [-0.2, 0) is 12.8 Å². The first-order valence-corrected chi connectivity index (χ1v) is 8.14. The summed E-state index contributed by atoms with van der Waals surface area (Å²) >= 11 is 0. The first-order chi connectivity index (χ1) is 11.2. The number of fused-ring (bicyclic) bond motifs is 1. The summed E-state index contributed by atoms with van der Waals surface area (Å²) in [5, 5.41) is 19.3. The van der Waals surface area contributed by atoms with Crippen LogP contribution in [0.5, 0.6) is 5.88 Å². The van der Waals surface area contributed by atoms with Crippen molar-refractivity contribution in [1.82, 2.24) is 9.97 Å². The van der Waals surface area contributed by atoms with Gasteiger partial charge in [0.25, 0.3) is 0 Å². The van der Waals surface area contributed by atoms with Crippen LogP contribution in [0.3, 0.4) is 0 Å². The van der Waals surface area contributed by atoms with Crippen molar-refractivity contribution in [2.75, 3.05) is 13.2 Å². The van der Waals surface area contributed by atoms with E-state index in [4.69, 9.17) is 9.84 Å². The van der Waals surface area contributed by atoms with E-state index in [1.54, 1.807) is 0 Å². The maximum absolute atomic E-state index is 9.42. The third-order valence-corrected chi connectivity index (χ3v) is 4.51. The van der Waals surface area contributed by atoms with Crippen LogP contribution in [-0.4, -0.2) is 28.3 Å². The molecule has 3 rings (SSSR count). The summed E-state index contributed by atoms with van der Waals surface area (Å²) in [7, 11) is 0. The Hall–Kier alpha value is -2.19.